The fourth-order valence-electron chi connectivity index (χ4n) is 1.73. The van der Waals surface area contributed by atoms with E-state index in [1.165, 1.54) is 25.3 Å². The number of methoxy groups -OCH3 is 1. The summed E-state index contributed by atoms with van der Waals surface area (Å²) >= 11 is 0. The minimum Gasteiger partial charge on any atom is -0.465 e. The molecule has 106 valence electrons. The highest BCUT2D eigenvalue weighted by Crippen LogP contribution is 2.26. The molecule has 19 heavy (non-hydrogen) atoms. The number of nitrogens with two attached hydrogens (primary N) is 1. The number of ether oxygens (including phenoxy) is 1. The summed E-state index contributed by atoms with van der Waals surface area (Å²) in [6, 6.07) is 4.46. The molecule has 2 unspecified atom stereocenters. The molecule has 0 spiro atoms. The lowest BCUT2D eigenvalue weighted by atomic mass is 9.98. The molecule has 0 aliphatic carbocycles. The highest BCUT2D eigenvalue weighted by Gasteiger charge is 2.21. The third-order valence-corrected chi connectivity index (χ3v) is 2.88. The minimum absolute atomic E-state index is 0.284. The van der Waals surface area contributed by atoms with E-state index in [1.807, 2.05) is 0 Å². The Morgan fingerprint density at radius 1 is 1.47 bits per heavy atom. The van der Waals surface area contributed by atoms with Gasteiger partial charge < -0.3 is 26.0 Å². The summed E-state index contributed by atoms with van der Waals surface area (Å²) in [6.07, 6.45) is -1.72. The topological polar surface area (TPSA) is 105 Å². The monoisotopic (exact) mass is 268 g/mol. The van der Waals surface area contributed by atoms with Gasteiger partial charge in [0.15, 0.2) is 0 Å². The van der Waals surface area contributed by atoms with Gasteiger partial charge in [-0.15, -0.1) is 0 Å². The quantitative estimate of drug-likeness (QED) is 0.429. The Bertz CT molecular complexity index is 437. The van der Waals surface area contributed by atoms with Crippen molar-refractivity contribution in [2.75, 3.05) is 26.4 Å². The Kier molecular flexibility index (Phi) is 5.75. The summed E-state index contributed by atoms with van der Waals surface area (Å²) in [5.41, 5.74) is 6.69. The van der Waals surface area contributed by atoms with E-state index in [0.29, 0.717) is 24.2 Å². The maximum atomic E-state index is 11.4. The first-order valence-corrected chi connectivity index (χ1v) is 5.99. The number of carbonyl (C=O) groups excluding carboxylic acids is 1. The number of anilines is 1. The molecule has 0 saturated heterocycles. The zero-order valence-electron chi connectivity index (χ0n) is 11.1. The zero-order valence-corrected chi connectivity index (χ0v) is 11.1. The highest BCUT2D eigenvalue weighted by atomic mass is 16.5. The van der Waals surface area contributed by atoms with Gasteiger partial charge in [-0.05, 0) is 38.2 Å². The van der Waals surface area contributed by atoms with E-state index in [4.69, 9.17) is 5.73 Å². The van der Waals surface area contributed by atoms with Crippen LogP contribution in [0.25, 0.3) is 0 Å². The van der Waals surface area contributed by atoms with Gasteiger partial charge in [-0.2, -0.15) is 0 Å². The van der Waals surface area contributed by atoms with Gasteiger partial charge in [0.1, 0.15) is 6.10 Å². The maximum absolute atomic E-state index is 11.4. The van der Waals surface area contributed by atoms with Crippen LogP contribution in [0.3, 0.4) is 0 Å². The number of nitrogens with one attached hydrogen (secondary N) is 1. The van der Waals surface area contributed by atoms with Crippen molar-refractivity contribution in [2.45, 2.75) is 18.6 Å². The number of benzene rings is 1. The molecule has 0 aliphatic heterocycles. The predicted octanol–water partition coefficient (Wildman–Crippen LogP) is 0.0592. The molecule has 5 N–H and O–H groups in total. The Morgan fingerprint density at radius 3 is 2.74 bits per heavy atom. The highest BCUT2D eigenvalue weighted by molar-refractivity contribution is 5.90. The van der Waals surface area contributed by atoms with Crippen molar-refractivity contribution in [3.05, 3.63) is 29.3 Å². The predicted molar refractivity (Wildman–Crippen MR) is 71.7 cm³/mol. The minimum atomic E-state index is -1.14. The average molecular weight is 268 g/mol. The Hall–Kier alpha value is -1.63. The molecule has 0 fully saturated rings. The molecule has 1 rings (SSSR count). The molecule has 0 bridgehead atoms. The first-order chi connectivity index (χ1) is 9.01. The second-order valence-electron chi connectivity index (χ2n) is 4.24. The second kappa shape index (κ2) is 7.08. The summed E-state index contributed by atoms with van der Waals surface area (Å²) in [6.45, 7) is 0.564. The van der Waals surface area contributed by atoms with Gasteiger partial charge >= 0.3 is 5.97 Å². The van der Waals surface area contributed by atoms with Crippen LogP contribution in [0.15, 0.2) is 18.2 Å². The van der Waals surface area contributed by atoms with E-state index >= 15 is 0 Å². The van der Waals surface area contributed by atoms with Crippen LogP contribution in [0.5, 0.6) is 0 Å². The van der Waals surface area contributed by atoms with Gasteiger partial charge in [-0.3, -0.25) is 0 Å². The summed E-state index contributed by atoms with van der Waals surface area (Å²) in [7, 11) is 3.03. The molecule has 0 aliphatic rings. The smallest absolute Gasteiger partial charge is 0.337 e. The van der Waals surface area contributed by atoms with E-state index < -0.39 is 18.2 Å². The molecule has 6 heteroatoms. The summed E-state index contributed by atoms with van der Waals surface area (Å²) in [5, 5.41) is 22.8. The molecule has 0 heterocycles. The van der Waals surface area contributed by atoms with Crippen molar-refractivity contribution in [1.29, 1.82) is 0 Å². The lowest BCUT2D eigenvalue weighted by molar-refractivity contribution is 0.0143. The Balaban J connectivity index is 2.94. The SMILES string of the molecule is CNCCC(O)C(O)c1cc(C(=O)OC)ccc1N. The van der Waals surface area contributed by atoms with E-state index in [9.17, 15) is 15.0 Å². The van der Waals surface area contributed by atoms with Crippen LogP contribution in [-0.4, -0.2) is 43.0 Å². The van der Waals surface area contributed by atoms with Crippen LogP contribution in [0.1, 0.15) is 28.4 Å². The summed E-state index contributed by atoms with van der Waals surface area (Å²) in [5.74, 6) is -0.516. The fourth-order valence-corrected chi connectivity index (χ4v) is 1.73. The van der Waals surface area contributed by atoms with Crippen LogP contribution >= 0.6 is 0 Å². The number of carbonyl (C=O) groups is 1. The summed E-state index contributed by atoms with van der Waals surface area (Å²) in [4.78, 5) is 11.4. The van der Waals surface area contributed by atoms with Crippen LogP contribution in [0.4, 0.5) is 5.69 Å². The van der Waals surface area contributed by atoms with Gasteiger partial charge in [0.25, 0.3) is 0 Å². The lowest BCUT2D eigenvalue weighted by Gasteiger charge is -2.20. The van der Waals surface area contributed by atoms with Crippen molar-refractivity contribution in [3.63, 3.8) is 0 Å². The number of aliphatic hydroxyl groups is 2. The van der Waals surface area contributed by atoms with Crippen molar-refractivity contribution in [3.8, 4) is 0 Å². The molecular formula is C13H20N2O4. The van der Waals surface area contributed by atoms with E-state index in [0.717, 1.165) is 0 Å². The van der Waals surface area contributed by atoms with E-state index in [-0.39, 0.29) is 5.56 Å². The van der Waals surface area contributed by atoms with Crippen LogP contribution in [0.2, 0.25) is 0 Å². The van der Waals surface area contributed by atoms with Crippen molar-refractivity contribution >= 4 is 11.7 Å². The molecule has 2 atom stereocenters. The van der Waals surface area contributed by atoms with Gasteiger partial charge in [0.05, 0.1) is 18.8 Å². The second-order valence-corrected chi connectivity index (χ2v) is 4.24. The standard InChI is InChI=1S/C13H20N2O4/c1-15-6-5-11(16)12(17)9-7-8(13(18)19-2)3-4-10(9)14/h3-4,7,11-12,15-17H,5-6,14H2,1-2H3. The Morgan fingerprint density at radius 2 is 2.16 bits per heavy atom. The first-order valence-electron chi connectivity index (χ1n) is 5.99. The van der Waals surface area contributed by atoms with Gasteiger partial charge in [-0.1, -0.05) is 0 Å². The van der Waals surface area contributed by atoms with Gasteiger partial charge in [-0.25, -0.2) is 4.79 Å². The molecule has 0 saturated carbocycles. The molecule has 0 amide bonds. The third-order valence-electron chi connectivity index (χ3n) is 2.88. The van der Waals surface area contributed by atoms with Crippen LogP contribution in [0, 0.1) is 0 Å². The van der Waals surface area contributed by atoms with Crippen molar-refractivity contribution < 1.29 is 19.7 Å². The molecular weight excluding hydrogens is 248 g/mol. The fraction of sp³-hybridized carbons (Fsp3) is 0.462. The van der Waals surface area contributed by atoms with Crippen molar-refractivity contribution in [2.24, 2.45) is 0 Å². The van der Waals surface area contributed by atoms with E-state index in [1.54, 1.807) is 7.05 Å². The van der Waals surface area contributed by atoms with Gasteiger partial charge in [0.2, 0.25) is 0 Å². The van der Waals surface area contributed by atoms with E-state index in [2.05, 4.69) is 10.1 Å². The lowest BCUT2D eigenvalue weighted by Crippen LogP contribution is -2.24. The molecule has 1 aromatic rings. The van der Waals surface area contributed by atoms with Crippen LogP contribution in [-0.2, 0) is 4.74 Å². The normalized spacial score (nSPS) is 13.9. The third kappa shape index (κ3) is 3.92. The number of hydrogen-bond donors (Lipinski definition) is 4. The molecule has 1 aromatic carbocycles. The maximum Gasteiger partial charge on any atom is 0.337 e. The molecule has 6 nitrogen and oxygen atoms in total. The first kappa shape index (κ1) is 15.4. The largest absolute Gasteiger partial charge is 0.465 e. The van der Waals surface area contributed by atoms with Crippen LogP contribution < -0.4 is 11.1 Å². The number of hydrogen-bond acceptors (Lipinski definition) is 6. The Labute approximate surface area is 112 Å². The number of esters is 1. The zero-order chi connectivity index (χ0) is 14.4. The summed E-state index contributed by atoms with van der Waals surface area (Å²) < 4.78 is 4.60. The number of rotatable bonds is 6. The van der Waals surface area contributed by atoms with Gasteiger partial charge in [0, 0.05) is 11.3 Å². The molecule has 0 aromatic heterocycles. The van der Waals surface area contributed by atoms with Crippen molar-refractivity contribution in [1.82, 2.24) is 5.32 Å². The number of nitrogen functional groups attached to an aromatic ring is 1. The average Bonchev–Trinajstić information content (AvgIpc) is 2.43. The number of aliphatic hydroxyl groups excluding tert-OH is 2. The molecule has 0 radical (unpaired) electrons.